The van der Waals surface area contributed by atoms with Crippen molar-refractivity contribution in [3.8, 4) is 0 Å². The van der Waals surface area contributed by atoms with Gasteiger partial charge in [0.2, 0.25) is 0 Å². The van der Waals surface area contributed by atoms with Crippen LogP contribution in [-0.2, 0) is 14.4 Å². The topological polar surface area (TPSA) is 104 Å². The van der Waals surface area contributed by atoms with Gasteiger partial charge in [0, 0.05) is 5.75 Å². The first-order chi connectivity index (χ1) is 8.13. The zero-order valence-corrected chi connectivity index (χ0v) is 10.2. The molecule has 0 bridgehead atoms. The normalized spacial score (nSPS) is 12.8. The van der Waals surface area contributed by atoms with Gasteiger partial charge in [0.25, 0.3) is 0 Å². The minimum absolute atomic E-state index is 0.371. The van der Waals surface area contributed by atoms with Crippen molar-refractivity contribution >= 4 is 39.4 Å². The third-order valence-corrected chi connectivity index (χ3v) is 3.68. The number of hydrogen-bond acceptors (Lipinski definition) is 5. The number of carbonyl (C=O) groups is 3. The third-order valence-electron chi connectivity index (χ3n) is 1.34. The molecule has 0 radical (unpaired) electrons. The van der Waals surface area contributed by atoms with Crippen LogP contribution in [0.2, 0.25) is 0 Å². The summed E-state index contributed by atoms with van der Waals surface area (Å²) in [6, 6.07) is -1.56. The standard InChI is InChI=1S/C7H8F3NO5S2/c8-7(9,10)2-18-17-1-3(5(13)14)11-4(12)6(15)16/h3H,1-2H2,(H,11,12)(H,13,14)(H,15,16)/t3-/m0/s1. The molecule has 104 valence electrons. The number of hydrogen-bond donors (Lipinski definition) is 3. The van der Waals surface area contributed by atoms with E-state index in [1.807, 2.05) is 0 Å². The van der Waals surface area contributed by atoms with Crippen molar-refractivity contribution in [3.63, 3.8) is 0 Å². The smallest absolute Gasteiger partial charge is 0.398 e. The predicted octanol–water partition coefficient (Wildman–Crippen LogP) is 0.584. The van der Waals surface area contributed by atoms with Gasteiger partial charge in [-0.25, -0.2) is 9.59 Å². The van der Waals surface area contributed by atoms with Crippen molar-refractivity contribution in [3.05, 3.63) is 0 Å². The van der Waals surface area contributed by atoms with Gasteiger partial charge in [0.05, 0.1) is 5.75 Å². The number of carboxylic acid groups (broad SMARTS) is 2. The second-order valence-corrected chi connectivity index (χ2v) is 5.34. The number of halogens is 3. The molecule has 0 saturated carbocycles. The average Bonchev–Trinajstić information content (AvgIpc) is 2.20. The lowest BCUT2D eigenvalue weighted by atomic mass is 10.3. The summed E-state index contributed by atoms with van der Waals surface area (Å²) >= 11 is 0. The van der Waals surface area contributed by atoms with E-state index in [1.54, 1.807) is 5.32 Å². The van der Waals surface area contributed by atoms with E-state index in [2.05, 4.69) is 0 Å². The first kappa shape index (κ1) is 16.9. The highest BCUT2D eigenvalue weighted by Gasteiger charge is 2.28. The van der Waals surface area contributed by atoms with Gasteiger partial charge in [0.1, 0.15) is 6.04 Å². The Morgan fingerprint density at radius 1 is 1.17 bits per heavy atom. The van der Waals surface area contributed by atoms with Crippen molar-refractivity contribution in [2.75, 3.05) is 11.5 Å². The second kappa shape index (κ2) is 7.36. The molecule has 0 aromatic heterocycles. The van der Waals surface area contributed by atoms with Crippen molar-refractivity contribution in [2.24, 2.45) is 0 Å². The maximum atomic E-state index is 11.8. The molecule has 6 nitrogen and oxygen atoms in total. The summed E-state index contributed by atoms with van der Waals surface area (Å²) in [5.41, 5.74) is 0. The summed E-state index contributed by atoms with van der Waals surface area (Å²) in [5, 5.41) is 18.5. The fourth-order valence-electron chi connectivity index (χ4n) is 0.619. The lowest BCUT2D eigenvalue weighted by Crippen LogP contribution is -2.45. The van der Waals surface area contributed by atoms with Crippen LogP contribution >= 0.6 is 21.6 Å². The Morgan fingerprint density at radius 3 is 2.11 bits per heavy atom. The average molecular weight is 307 g/mol. The molecular weight excluding hydrogens is 299 g/mol. The van der Waals surface area contributed by atoms with Gasteiger partial charge < -0.3 is 15.5 Å². The molecule has 0 aliphatic rings. The zero-order valence-electron chi connectivity index (χ0n) is 8.56. The highest BCUT2D eigenvalue weighted by molar-refractivity contribution is 8.76. The minimum atomic E-state index is -4.37. The van der Waals surface area contributed by atoms with Crippen molar-refractivity contribution < 1.29 is 37.8 Å². The van der Waals surface area contributed by atoms with Crippen LogP contribution in [0, 0.1) is 0 Å². The number of amides is 1. The van der Waals surface area contributed by atoms with E-state index in [1.165, 1.54) is 0 Å². The molecule has 0 aliphatic heterocycles. The van der Waals surface area contributed by atoms with Crippen molar-refractivity contribution in [2.45, 2.75) is 12.2 Å². The molecule has 18 heavy (non-hydrogen) atoms. The molecule has 0 heterocycles. The SMILES string of the molecule is O=C(O)C(=O)N[C@@H](CSSCC(F)(F)F)C(=O)O. The lowest BCUT2D eigenvalue weighted by Gasteiger charge is -2.12. The summed E-state index contributed by atoms with van der Waals surface area (Å²) in [5.74, 6) is -6.46. The lowest BCUT2D eigenvalue weighted by molar-refractivity contribution is -0.151. The molecule has 1 atom stereocenters. The van der Waals surface area contributed by atoms with Gasteiger partial charge in [-0.2, -0.15) is 13.2 Å². The van der Waals surface area contributed by atoms with Crippen LogP contribution in [0.3, 0.4) is 0 Å². The van der Waals surface area contributed by atoms with Crippen LogP contribution in [0.15, 0.2) is 0 Å². The summed E-state index contributed by atoms with van der Waals surface area (Å²) in [7, 11) is 0.949. The highest BCUT2D eigenvalue weighted by Crippen LogP contribution is 2.29. The fraction of sp³-hybridized carbons (Fsp3) is 0.571. The van der Waals surface area contributed by atoms with Crippen LogP contribution in [0.25, 0.3) is 0 Å². The van der Waals surface area contributed by atoms with Crippen LogP contribution in [0.5, 0.6) is 0 Å². The first-order valence-corrected chi connectivity index (χ1v) is 6.70. The molecule has 3 N–H and O–H groups in total. The first-order valence-electron chi connectivity index (χ1n) is 4.21. The summed E-state index contributed by atoms with van der Waals surface area (Å²) in [6.07, 6.45) is -4.37. The van der Waals surface area contributed by atoms with Crippen LogP contribution in [-0.4, -0.2) is 51.8 Å². The number of alkyl halides is 3. The molecule has 0 fully saturated rings. The molecule has 0 saturated heterocycles. The Balaban J connectivity index is 4.11. The minimum Gasteiger partial charge on any atom is -0.480 e. The maximum absolute atomic E-state index is 11.8. The second-order valence-electron chi connectivity index (χ2n) is 2.83. The maximum Gasteiger partial charge on any atom is 0.398 e. The highest BCUT2D eigenvalue weighted by atomic mass is 33.1. The van der Waals surface area contributed by atoms with Crippen molar-refractivity contribution in [1.82, 2.24) is 5.32 Å². The van der Waals surface area contributed by atoms with Gasteiger partial charge in [-0.05, 0) is 0 Å². The van der Waals surface area contributed by atoms with E-state index in [0.29, 0.717) is 21.6 Å². The molecule has 0 unspecified atom stereocenters. The fourth-order valence-corrected chi connectivity index (χ4v) is 2.64. The van der Waals surface area contributed by atoms with Crippen LogP contribution in [0.1, 0.15) is 0 Å². The molecule has 0 aliphatic carbocycles. The van der Waals surface area contributed by atoms with E-state index in [0.717, 1.165) is 0 Å². The Morgan fingerprint density at radius 2 is 1.72 bits per heavy atom. The molecule has 0 rings (SSSR count). The van der Waals surface area contributed by atoms with E-state index in [9.17, 15) is 27.6 Å². The van der Waals surface area contributed by atoms with Crippen LogP contribution < -0.4 is 5.32 Å². The van der Waals surface area contributed by atoms with Gasteiger partial charge in [-0.3, -0.25) is 4.79 Å². The number of aliphatic carboxylic acids is 2. The van der Waals surface area contributed by atoms with Crippen LogP contribution in [0.4, 0.5) is 13.2 Å². The molecule has 0 aromatic rings. The monoisotopic (exact) mass is 307 g/mol. The summed E-state index contributed by atoms with van der Waals surface area (Å²) in [6.45, 7) is 0. The molecule has 11 heteroatoms. The quantitative estimate of drug-likeness (QED) is 0.375. The molecule has 0 aromatic carbocycles. The van der Waals surface area contributed by atoms with Gasteiger partial charge in [-0.1, -0.05) is 21.6 Å². The molecule has 1 amide bonds. The summed E-state index contributed by atoms with van der Waals surface area (Å²) in [4.78, 5) is 31.4. The Hall–Kier alpha value is -1.10. The number of carboxylic acids is 2. The Bertz CT molecular complexity index is 336. The summed E-state index contributed by atoms with van der Waals surface area (Å²) < 4.78 is 35.3. The Kier molecular flexibility index (Phi) is 6.91. The van der Waals surface area contributed by atoms with E-state index in [4.69, 9.17) is 10.2 Å². The van der Waals surface area contributed by atoms with Gasteiger partial charge >= 0.3 is 24.0 Å². The van der Waals surface area contributed by atoms with Gasteiger partial charge in [-0.15, -0.1) is 0 Å². The largest absolute Gasteiger partial charge is 0.480 e. The Labute approximate surface area is 107 Å². The van der Waals surface area contributed by atoms with E-state index in [-0.39, 0.29) is 5.75 Å². The van der Waals surface area contributed by atoms with E-state index < -0.39 is 35.8 Å². The molecular formula is C7H8F3NO5S2. The predicted molar refractivity (Wildman–Crippen MR) is 58.2 cm³/mol. The van der Waals surface area contributed by atoms with Crippen molar-refractivity contribution in [1.29, 1.82) is 0 Å². The number of nitrogens with one attached hydrogen (secondary N) is 1. The number of rotatable bonds is 6. The zero-order chi connectivity index (χ0) is 14.3. The third kappa shape index (κ3) is 8.06. The molecule has 0 spiro atoms. The number of carbonyl (C=O) groups excluding carboxylic acids is 1. The van der Waals surface area contributed by atoms with Gasteiger partial charge in [0.15, 0.2) is 0 Å². The van der Waals surface area contributed by atoms with E-state index >= 15 is 0 Å².